The normalized spacial score (nSPS) is 10.1. The van der Waals surface area contributed by atoms with Gasteiger partial charge in [0, 0.05) is 6.07 Å². The predicted molar refractivity (Wildman–Crippen MR) is 57.3 cm³/mol. The van der Waals surface area contributed by atoms with Gasteiger partial charge < -0.3 is 4.74 Å². The highest BCUT2D eigenvalue weighted by atomic mass is 19.1. The summed E-state index contributed by atoms with van der Waals surface area (Å²) in [7, 11) is 0. The Labute approximate surface area is 99.8 Å². The SMILES string of the molecule is O=[N+]([O-])c1cc(F)ccc1Oc1cccc(F)n1. The van der Waals surface area contributed by atoms with Crippen molar-refractivity contribution in [3.8, 4) is 11.6 Å². The summed E-state index contributed by atoms with van der Waals surface area (Å²) in [5.41, 5.74) is -0.555. The Morgan fingerprint density at radius 3 is 2.67 bits per heavy atom. The van der Waals surface area contributed by atoms with E-state index in [-0.39, 0.29) is 11.6 Å². The average molecular weight is 252 g/mol. The first-order chi connectivity index (χ1) is 8.56. The molecule has 2 rings (SSSR count). The van der Waals surface area contributed by atoms with Crippen LogP contribution in [0.1, 0.15) is 0 Å². The lowest BCUT2D eigenvalue weighted by atomic mass is 10.3. The van der Waals surface area contributed by atoms with Crippen molar-refractivity contribution in [3.63, 3.8) is 0 Å². The molecule has 0 atom stereocenters. The summed E-state index contributed by atoms with van der Waals surface area (Å²) in [6, 6.07) is 6.57. The van der Waals surface area contributed by atoms with E-state index in [2.05, 4.69) is 4.98 Å². The Hall–Kier alpha value is -2.57. The molecule has 0 saturated heterocycles. The maximum Gasteiger partial charge on any atom is 0.314 e. The molecule has 0 aliphatic carbocycles. The minimum Gasteiger partial charge on any atom is -0.432 e. The fourth-order valence-electron chi connectivity index (χ4n) is 1.28. The van der Waals surface area contributed by atoms with Crippen molar-refractivity contribution >= 4 is 5.69 Å². The van der Waals surface area contributed by atoms with Crippen LogP contribution in [-0.4, -0.2) is 9.91 Å². The zero-order chi connectivity index (χ0) is 13.1. The summed E-state index contributed by atoms with van der Waals surface area (Å²) in [6.45, 7) is 0. The first-order valence-corrected chi connectivity index (χ1v) is 4.80. The number of nitro benzene ring substituents is 1. The summed E-state index contributed by atoms with van der Waals surface area (Å²) >= 11 is 0. The van der Waals surface area contributed by atoms with Crippen LogP contribution < -0.4 is 4.74 Å². The molecule has 0 saturated carbocycles. The van der Waals surface area contributed by atoms with E-state index in [4.69, 9.17) is 4.74 Å². The molecule has 0 fully saturated rings. The molecule has 2 aromatic rings. The molecule has 92 valence electrons. The van der Waals surface area contributed by atoms with Crippen molar-refractivity contribution in [1.82, 2.24) is 4.98 Å². The third-order valence-electron chi connectivity index (χ3n) is 2.02. The summed E-state index contributed by atoms with van der Waals surface area (Å²) in [5.74, 6) is -1.90. The minimum atomic E-state index is -0.794. The van der Waals surface area contributed by atoms with Crippen LogP contribution in [0.2, 0.25) is 0 Å². The molecule has 5 nitrogen and oxygen atoms in total. The van der Waals surface area contributed by atoms with Crippen molar-refractivity contribution in [3.05, 3.63) is 58.3 Å². The van der Waals surface area contributed by atoms with E-state index >= 15 is 0 Å². The van der Waals surface area contributed by atoms with E-state index in [9.17, 15) is 18.9 Å². The van der Waals surface area contributed by atoms with Crippen LogP contribution in [0.25, 0.3) is 0 Å². The number of rotatable bonds is 3. The van der Waals surface area contributed by atoms with Gasteiger partial charge in [0.15, 0.2) is 0 Å². The van der Waals surface area contributed by atoms with Crippen LogP contribution in [-0.2, 0) is 0 Å². The summed E-state index contributed by atoms with van der Waals surface area (Å²) < 4.78 is 30.7. The highest BCUT2D eigenvalue weighted by molar-refractivity contribution is 5.47. The first-order valence-electron chi connectivity index (χ1n) is 4.80. The van der Waals surface area contributed by atoms with Crippen molar-refractivity contribution < 1.29 is 18.4 Å². The molecule has 0 aliphatic rings. The molecule has 0 aliphatic heterocycles. The van der Waals surface area contributed by atoms with Crippen LogP contribution in [0.5, 0.6) is 11.6 Å². The second kappa shape index (κ2) is 4.74. The van der Waals surface area contributed by atoms with Gasteiger partial charge in [-0.05, 0) is 18.2 Å². The molecule has 0 spiro atoms. The Kier molecular flexibility index (Phi) is 3.13. The van der Waals surface area contributed by atoms with Crippen molar-refractivity contribution in [1.29, 1.82) is 0 Å². The van der Waals surface area contributed by atoms with E-state index in [1.165, 1.54) is 12.1 Å². The highest BCUT2D eigenvalue weighted by Gasteiger charge is 2.17. The Morgan fingerprint density at radius 2 is 2.00 bits per heavy atom. The molecule has 1 heterocycles. The minimum absolute atomic E-state index is 0.148. The van der Waals surface area contributed by atoms with Gasteiger partial charge in [0.05, 0.1) is 11.0 Å². The van der Waals surface area contributed by atoms with E-state index in [1.807, 2.05) is 0 Å². The number of ether oxygens (including phenoxy) is 1. The Bertz CT molecular complexity index is 605. The summed E-state index contributed by atoms with van der Waals surface area (Å²) in [5, 5.41) is 10.7. The number of halogens is 2. The molecule has 18 heavy (non-hydrogen) atoms. The number of aromatic nitrogens is 1. The van der Waals surface area contributed by atoms with Gasteiger partial charge in [0.1, 0.15) is 5.82 Å². The smallest absolute Gasteiger partial charge is 0.314 e. The average Bonchev–Trinajstić information content (AvgIpc) is 2.31. The van der Waals surface area contributed by atoms with Crippen LogP contribution in [0, 0.1) is 21.9 Å². The van der Waals surface area contributed by atoms with Crippen LogP contribution in [0.3, 0.4) is 0 Å². The number of pyridine rings is 1. The van der Waals surface area contributed by atoms with Gasteiger partial charge in [-0.1, -0.05) is 6.07 Å². The molecule has 7 heteroatoms. The van der Waals surface area contributed by atoms with E-state index in [1.54, 1.807) is 0 Å². The topological polar surface area (TPSA) is 65.3 Å². The molecular formula is C11H6F2N2O3. The van der Waals surface area contributed by atoms with Gasteiger partial charge in [-0.25, -0.2) is 4.39 Å². The lowest BCUT2D eigenvalue weighted by Gasteiger charge is -2.05. The highest BCUT2D eigenvalue weighted by Crippen LogP contribution is 2.30. The Morgan fingerprint density at radius 1 is 1.22 bits per heavy atom. The lowest BCUT2D eigenvalue weighted by molar-refractivity contribution is -0.385. The molecular weight excluding hydrogens is 246 g/mol. The molecule has 0 N–H and O–H groups in total. The van der Waals surface area contributed by atoms with Gasteiger partial charge in [-0.15, -0.1) is 0 Å². The van der Waals surface area contributed by atoms with E-state index < -0.39 is 22.4 Å². The van der Waals surface area contributed by atoms with Crippen molar-refractivity contribution in [2.45, 2.75) is 0 Å². The second-order valence-electron chi connectivity index (χ2n) is 3.27. The molecule has 0 unspecified atom stereocenters. The van der Waals surface area contributed by atoms with E-state index in [0.717, 1.165) is 18.2 Å². The second-order valence-corrected chi connectivity index (χ2v) is 3.27. The van der Waals surface area contributed by atoms with Crippen molar-refractivity contribution in [2.75, 3.05) is 0 Å². The zero-order valence-electron chi connectivity index (χ0n) is 8.84. The van der Waals surface area contributed by atoms with Crippen LogP contribution >= 0.6 is 0 Å². The molecule has 1 aromatic heterocycles. The molecule has 0 radical (unpaired) electrons. The largest absolute Gasteiger partial charge is 0.432 e. The van der Waals surface area contributed by atoms with Crippen LogP contribution in [0.15, 0.2) is 36.4 Å². The standard InChI is InChI=1S/C11H6F2N2O3/c12-7-4-5-9(8(6-7)15(16)17)18-11-3-1-2-10(13)14-11/h1-6H. The number of benzene rings is 1. The van der Waals surface area contributed by atoms with Gasteiger partial charge in [0.25, 0.3) is 0 Å². The summed E-state index contributed by atoms with van der Waals surface area (Å²) in [6.07, 6.45) is 0. The van der Waals surface area contributed by atoms with Crippen molar-refractivity contribution in [2.24, 2.45) is 0 Å². The zero-order valence-corrected chi connectivity index (χ0v) is 8.84. The van der Waals surface area contributed by atoms with Gasteiger partial charge >= 0.3 is 5.69 Å². The van der Waals surface area contributed by atoms with E-state index in [0.29, 0.717) is 6.07 Å². The van der Waals surface area contributed by atoms with Gasteiger partial charge in [0.2, 0.25) is 17.6 Å². The Balaban J connectivity index is 2.37. The quantitative estimate of drug-likeness (QED) is 0.478. The van der Waals surface area contributed by atoms with Gasteiger partial charge in [-0.2, -0.15) is 9.37 Å². The fourth-order valence-corrected chi connectivity index (χ4v) is 1.28. The number of hydrogen-bond acceptors (Lipinski definition) is 4. The molecule has 0 amide bonds. The third-order valence-corrected chi connectivity index (χ3v) is 2.02. The monoisotopic (exact) mass is 252 g/mol. The predicted octanol–water partition coefficient (Wildman–Crippen LogP) is 3.06. The van der Waals surface area contributed by atoms with Gasteiger partial charge in [-0.3, -0.25) is 10.1 Å². The maximum atomic E-state index is 12.9. The summed E-state index contributed by atoms with van der Waals surface area (Å²) in [4.78, 5) is 13.3. The van der Waals surface area contributed by atoms with Crippen LogP contribution in [0.4, 0.5) is 14.5 Å². The lowest BCUT2D eigenvalue weighted by Crippen LogP contribution is -1.96. The number of hydrogen-bond donors (Lipinski definition) is 0. The number of nitro groups is 1. The maximum absolute atomic E-state index is 12.9. The third kappa shape index (κ3) is 2.57. The fraction of sp³-hybridized carbons (Fsp3) is 0. The number of nitrogens with zero attached hydrogens (tertiary/aromatic N) is 2. The first kappa shape index (κ1) is 11.9. The molecule has 0 bridgehead atoms. The molecule has 1 aromatic carbocycles.